The first-order chi connectivity index (χ1) is 10.5. The minimum Gasteiger partial charge on any atom is -0.491 e. The van der Waals surface area contributed by atoms with Crippen LogP contribution in [0.2, 0.25) is 10.0 Å². The number of benzene rings is 2. The fourth-order valence-electron chi connectivity index (χ4n) is 2.06. The largest absolute Gasteiger partial charge is 0.491 e. The molecule has 0 radical (unpaired) electrons. The van der Waals surface area contributed by atoms with Gasteiger partial charge in [-0.05, 0) is 43.7 Å². The summed E-state index contributed by atoms with van der Waals surface area (Å²) in [6.07, 6.45) is 0. The number of nitrogens with one attached hydrogen (secondary N) is 1. The summed E-state index contributed by atoms with van der Waals surface area (Å²) in [4.78, 5) is 12.0. The molecule has 0 unspecified atom stereocenters. The van der Waals surface area contributed by atoms with Crippen molar-refractivity contribution >= 4 is 29.1 Å². The Morgan fingerprint density at radius 1 is 1.14 bits per heavy atom. The first kappa shape index (κ1) is 16.7. The zero-order valence-corrected chi connectivity index (χ0v) is 14.0. The summed E-state index contributed by atoms with van der Waals surface area (Å²) in [5, 5.41) is 3.60. The molecule has 0 aliphatic heterocycles. The van der Waals surface area contributed by atoms with Crippen LogP contribution in [0.15, 0.2) is 36.4 Å². The van der Waals surface area contributed by atoms with E-state index in [1.54, 1.807) is 18.2 Å². The minimum atomic E-state index is -0.245. The monoisotopic (exact) mass is 337 g/mol. The molecule has 5 heteroatoms. The van der Waals surface area contributed by atoms with E-state index in [4.69, 9.17) is 27.9 Å². The first-order valence-electron chi connectivity index (χ1n) is 6.90. The molecule has 0 saturated heterocycles. The summed E-state index contributed by atoms with van der Waals surface area (Å²) < 4.78 is 5.66. The van der Waals surface area contributed by atoms with Crippen LogP contribution in [0.4, 0.5) is 0 Å². The molecule has 2 aromatic carbocycles. The molecular weight excluding hydrogens is 321 g/mol. The Kier molecular flexibility index (Phi) is 5.69. The molecule has 0 aliphatic carbocycles. The number of carbonyl (C=O) groups excluding carboxylic acids is 1. The van der Waals surface area contributed by atoms with E-state index in [2.05, 4.69) is 11.4 Å². The van der Waals surface area contributed by atoms with Gasteiger partial charge in [0.15, 0.2) is 0 Å². The Balaban J connectivity index is 1.84. The van der Waals surface area contributed by atoms with Crippen LogP contribution in [0.1, 0.15) is 21.5 Å². The quantitative estimate of drug-likeness (QED) is 0.820. The number of carbonyl (C=O) groups is 1. The van der Waals surface area contributed by atoms with Gasteiger partial charge in [0, 0.05) is 5.02 Å². The number of hydrogen-bond donors (Lipinski definition) is 1. The van der Waals surface area contributed by atoms with Gasteiger partial charge < -0.3 is 10.1 Å². The Bertz CT molecular complexity index is 686. The second kappa shape index (κ2) is 7.52. The van der Waals surface area contributed by atoms with Gasteiger partial charge in [0.2, 0.25) is 0 Å². The average Bonchev–Trinajstić information content (AvgIpc) is 2.45. The van der Waals surface area contributed by atoms with Gasteiger partial charge in [0.1, 0.15) is 12.4 Å². The molecule has 0 heterocycles. The van der Waals surface area contributed by atoms with Gasteiger partial charge in [-0.15, -0.1) is 0 Å². The highest BCUT2D eigenvalue weighted by molar-refractivity contribution is 6.36. The highest BCUT2D eigenvalue weighted by Gasteiger charge is 2.10. The smallest absolute Gasteiger partial charge is 0.252 e. The molecular formula is C17H17Cl2NO2. The topological polar surface area (TPSA) is 38.3 Å². The van der Waals surface area contributed by atoms with Crippen molar-refractivity contribution in [1.29, 1.82) is 0 Å². The molecule has 116 valence electrons. The summed E-state index contributed by atoms with van der Waals surface area (Å²) in [7, 11) is 0. The molecule has 0 aromatic heterocycles. The fraction of sp³-hybridized carbons (Fsp3) is 0.235. The number of aryl methyl sites for hydroxylation is 2. The number of hydrogen-bond acceptors (Lipinski definition) is 2. The van der Waals surface area contributed by atoms with Crippen LogP contribution < -0.4 is 10.1 Å². The van der Waals surface area contributed by atoms with Gasteiger partial charge in [-0.2, -0.15) is 0 Å². The third-order valence-corrected chi connectivity index (χ3v) is 3.70. The molecule has 0 aliphatic rings. The molecule has 0 fully saturated rings. The van der Waals surface area contributed by atoms with E-state index >= 15 is 0 Å². The fourth-order valence-corrected chi connectivity index (χ4v) is 2.55. The molecule has 1 N–H and O–H groups in total. The van der Waals surface area contributed by atoms with E-state index in [9.17, 15) is 4.79 Å². The molecule has 22 heavy (non-hydrogen) atoms. The summed E-state index contributed by atoms with van der Waals surface area (Å²) in [5.41, 5.74) is 2.67. The third kappa shape index (κ3) is 4.39. The van der Waals surface area contributed by atoms with Gasteiger partial charge >= 0.3 is 0 Å². The van der Waals surface area contributed by atoms with Crippen LogP contribution in [-0.4, -0.2) is 19.1 Å². The normalized spacial score (nSPS) is 10.4. The van der Waals surface area contributed by atoms with E-state index in [1.807, 2.05) is 26.0 Å². The summed E-state index contributed by atoms with van der Waals surface area (Å²) in [5.74, 6) is 0.579. The van der Waals surface area contributed by atoms with Crippen LogP contribution in [-0.2, 0) is 0 Å². The highest BCUT2D eigenvalue weighted by Crippen LogP contribution is 2.21. The van der Waals surface area contributed by atoms with Crippen LogP contribution >= 0.6 is 23.2 Å². The van der Waals surface area contributed by atoms with Crippen molar-refractivity contribution in [3.05, 3.63) is 63.1 Å². The Hall–Kier alpha value is -1.71. The predicted molar refractivity (Wildman–Crippen MR) is 90.2 cm³/mol. The second-order valence-electron chi connectivity index (χ2n) is 5.00. The van der Waals surface area contributed by atoms with E-state index in [0.717, 1.165) is 11.3 Å². The van der Waals surface area contributed by atoms with Gasteiger partial charge in [0.25, 0.3) is 5.91 Å². The lowest BCUT2D eigenvalue weighted by atomic mass is 10.1. The lowest BCUT2D eigenvalue weighted by molar-refractivity contribution is 0.0947. The molecule has 0 atom stereocenters. The van der Waals surface area contributed by atoms with Crippen LogP contribution in [0.5, 0.6) is 5.75 Å². The van der Waals surface area contributed by atoms with Crippen molar-refractivity contribution in [3.8, 4) is 5.75 Å². The third-order valence-electron chi connectivity index (χ3n) is 3.15. The Morgan fingerprint density at radius 2 is 1.91 bits per heavy atom. The first-order valence-corrected chi connectivity index (χ1v) is 7.66. The Morgan fingerprint density at radius 3 is 2.59 bits per heavy atom. The van der Waals surface area contributed by atoms with Crippen LogP contribution in [0.25, 0.3) is 0 Å². The lowest BCUT2D eigenvalue weighted by Crippen LogP contribution is -2.28. The molecule has 0 saturated carbocycles. The van der Waals surface area contributed by atoms with Crippen molar-refractivity contribution in [1.82, 2.24) is 5.32 Å². The average molecular weight is 338 g/mol. The van der Waals surface area contributed by atoms with Gasteiger partial charge in [-0.1, -0.05) is 40.9 Å². The van der Waals surface area contributed by atoms with Crippen molar-refractivity contribution in [3.63, 3.8) is 0 Å². The van der Waals surface area contributed by atoms with Crippen molar-refractivity contribution in [2.24, 2.45) is 0 Å². The number of amides is 1. The molecule has 3 nitrogen and oxygen atoms in total. The van der Waals surface area contributed by atoms with E-state index < -0.39 is 0 Å². The number of rotatable bonds is 5. The molecule has 0 bridgehead atoms. The van der Waals surface area contributed by atoms with Crippen molar-refractivity contribution in [2.75, 3.05) is 13.2 Å². The second-order valence-corrected chi connectivity index (χ2v) is 5.84. The maximum atomic E-state index is 12.0. The zero-order valence-electron chi connectivity index (χ0n) is 12.5. The standard InChI is InChI=1S/C17H17Cl2NO2/c1-11-3-6-16(12(2)9-11)22-8-7-20-17(21)14-5-4-13(18)10-15(14)19/h3-6,9-10H,7-8H2,1-2H3,(H,20,21). The van der Waals surface area contributed by atoms with Gasteiger partial charge in [-0.3, -0.25) is 4.79 Å². The summed E-state index contributed by atoms with van der Waals surface area (Å²) in [6, 6.07) is 10.8. The van der Waals surface area contributed by atoms with Gasteiger partial charge in [0.05, 0.1) is 17.1 Å². The van der Waals surface area contributed by atoms with Gasteiger partial charge in [-0.25, -0.2) is 0 Å². The molecule has 2 rings (SSSR count). The van der Waals surface area contributed by atoms with Crippen molar-refractivity contribution in [2.45, 2.75) is 13.8 Å². The lowest BCUT2D eigenvalue weighted by Gasteiger charge is -2.11. The number of halogens is 2. The summed E-state index contributed by atoms with van der Waals surface area (Å²) >= 11 is 11.8. The Labute approximate surface area is 140 Å². The minimum absolute atomic E-state index is 0.245. The predicted octanol–water partition coefficient (Wildman–Crippen LogP) is 4.42. The number of ether oxygens (including phenoxy) is 1. The SMILES string of the molecule is Cc1ccc(OCCNC(=O)c2ccc(Cl)cc2Cl)c(C)c1. The molecule has 0 spiro atoms. The maximum Gasteiger partial charge on any atom is 0.252 e. The highest BCUT2D eigenvalue weighted by atomic mass is 35.5. The molecule has 2 aromatic rings. The van der Waals surface area contributed by atoms with E-state index in [-0.39, 0.29) is 5.91 Å². The van der Waals surface area contributed by atoms with E-state index in [1.165, 1.54) is 5.56 Å². The molecule has 1 amide bonds. The van der Waals surface area contributed by atoms with Crippen molar-refractivity contribution < 1.29 is 9.53 Å². The summed E-state index contributed by atoms with van der Waals surface area (Å²) in [6.45, 7) is 4.81. The van der Waals surface area contributed by atoms with Crippen LogP contribution in [0.3, 0.4) is 0 Å². The zero-order chi connectivity index (χ0) is 16.1. The maximum absolute atomic E-state index is 12.0. The van der Waals surface area contributed by atoms with E-state index in [0.29, 0.717) is 28.8 Å². The van der Waals surface area contributed by atoms with Crippen LogP contribution in [0, 0.1) is 13.8 Å².